The van der Waals surface area contributed by atoms with Gasteiger partial charge in [-0.1, -0.05) is 38.1 Å². The van der Waals surface area contributed by atoms with Crippen LogP contribution in [0.1, 0.15) is 54.9 Å². The summed E-state index contributed by atoms with van der Waals surface area (Å²) in [6, 6.07) is 13.2. The Kier molecular flexibility index (Phi) is 7.50. The summed E-state index contributed by atoms with van der Waals surface area (Å²) in [4.78, 5) is 14.0. The van der Waals surface area contributed by atoms with E-state index in [4.69, 9.17) is 0 Å². The van der Waals surface area contributed by atoms with Crippen LogP contribution in [0.4, 0.5) is 37.7 Å². The Morgan fingerprint density at radius 3 is 2.08 bits per heavy atom. The van der Waals surface area contributed by atoms with E-state index >= 15 is 0 Å². The SMILES string of the molecule is CC(C)CC(C(=O)O)c1cc(-c2ccc(C(F)(F)F)cc2)cc(N2CCCc3ccc(C(F)(F)F)cc32)c1. The highest BCUT2D eigenvalue weighted by atomic mass is 19.4. The Balaban J connectivity index is 1.88. The third-order valence-corrected chi connectivity index (χ3v) is 6.74. The molecular formula is C29H27F6NO2. The standard InChI is InChI=1S/C29H27F6NO2/c1-17(2)12-25(27(37)38)21-13-20(18-5-8-22(9-6-18)28(30,31)32)14-24(15-21)36-11-3-4-19-7-10-23(16-26(19)36)29(33,34)35/h5-10,13-17,25H,3-4,11-12H2,1-2H3,(H,37,38). The molecule has 0 bridgehead atoms. The third-order valence-electron chi connectivity index (χ3n) is 6.74. The molecule has 0 saturated heterocycles. The number of carboxylic acids is 1. The molecule has 4 rings (SSSR count). The fourth-order valence-corrected chi connectivity index (χ4v) is 4.88. The molecule has 0 spiro atoms. The average Bonchev–Trinajstić information content (AvgIpc) is 2.85. The summed E-state index contributed by atoms with van der Waals surface area (Å²) in [5.74, 6) is -1.90. The fourth-order valence-electron chi connectivity index (χ4n) is 4.88. The first-order chi connectivity index (χ1) is 17.7. The van der Waals surface area contributed by atoms with Gasteiger partial charge in [-0.15, -0.1) is 0 Å². The first kappa shape index (κ1) is 27.5. The van der Waals surface area contributed by atoms with Crippen molar-refractivity contribution in [1.29, 1.82) is 0 Å². The number of carbonyl (C=O) groups is 1. The van der Waals surface area contributed by atoms with Gasteiger partial charge in [0.15, 0.2) is 0 Å². The number of hydrogen-bond acceptors (Lipinski definition) is 2. The Morgan fingerprint density at radius 2 is 1.50 bits per heavy atom. The van der Waals surface area contributed by atoms with Crippen LogP contribution in [0.5, 0.6) is 0 Å². The van der Waals surface area contributed by atoms with Crippen molar-refractivity contribution in [3.05, 3.63) is 82.9 Å². The Labute approximate surface area is 216 Å². The minimum Gasteiger partial charge on any atom is -0.481 e. The van der Waals surface area contributed by atoms with Crippen LogP contribution >= 0.6 is 0 Å². The topological polar surface area (TPSA) is 40.5 Å². The van der Waals surface area contributed by atoms with Gasteiger partial charge in [-0.2, -0.15) is 26.3 Å². The lowest BCUT2D eigenvalue weighted by molar-refractivity contribution is -0.139. The van der Waals surface area contributed by atoms with Gasteiger partial charge < -0.3 is 10.0 Å². The highest BCUT2D eigenvalue weighted by Gasteiger charge is 2.33. The van der Waals surface area contributed by atoms with E-state index < -0.39 is 35.4 Å². The Hall–Kier alpha value is -3.49. The maximum Gasteiger partial charge on any atom is 0.416 e. The lowest BCUT2D eigenvalue weighted by Crippen LogP contribution is -2.25. The summed E-state index contributed by atoms with van der Waals surface area (Å²) in [5, 5.41) is 9.98. The number of nitrogens with zero attached hydrogens (tertiary/aromatic N) is 1. The molecule has 3 aromatic carbocycles. The number of anilines is 2. The molecule has 1 heterocycles. The van der Waals surface area contributed by atoms with Gasteiger partial charge in [-0.05, 0) is 83.8 Å². The van der Waals surface area contributed by atoms with Crippen molar-refractivity contribution in [2.75, 3.05) is 11.4 Å². The first-order valence-corrected chi connectivity index (χ1v) is 12.3. The maximum atomic E-state index is 13.5. The van der Waals surface area contributed by atoms with E-state index in [1.54, 1.807) is 23.1 Å². The summed E-state index contributed by atoms with van der Waals surface area (Å²) >= 11 is 0. The number of aliphatic carboxylic acids is 1. The average molecular weight is 536 g/mol. The zero-order valence-electron chi connectivity index (χ0n) is 20.8. The molecule has 9 heteroatoms. The second-order valence-corrected chi connectivity index (χ2v) is 10.0. The second-order valence-electron chi connectivity index (χ2n) is 10.0. The lowest BCUT2D eigenvalue weighted by Gasteiger charge is -2.33. The van der Waals surface area contributed by atoms with Crippen LogP contribution in [-0.4, -0.2) is 17.6 Å². The summed E-state index contributed by atoms with van der Waals surface area (Å²) < 4.78 is 79.9. The highest BCUT2D eigenvalue weighted by molar-refractivity contribution is 5.81. The van der Waals surface area contributed by atoms with Gasteiger partial charge >= 0.3 is 18.3 Å². The predicted octanol–water partition coefficient (Wildman–Crippen LogP) is 8.69. The third kappa shape index (κ3) is 5.97. The smallest absolute Gasteiger partial charge is 0.416 e. The van der Waals surface area contributed by atoms with E-state index in [1.807, 2.05) is 13.8 Å². The molecule has 0 radical (unpaired) electrons. The molecule has 202 valence electrons. The highest BCUT2D eigenvalue weighted by Crippen LogP contribution is 2.41. The number of carboxylic acid groups (broad SMARTS) is 1. The van der Waals surface area contributed by atoms with Crippen LogP contribution in [-0.2, 0) is 23.6 Å². The molecule has 1 aliphatic heterocycles. The minimum atomic E-state index is -4.53. The predicted molar refractivity (Wildman–Crippen MR) is 133 cm³/mol. The van der Waals surface area contributed by atoms with Gasteiger partial charge in [0.05, 0.1) is 17.0 Å². The van der Waals surface area contributed by atoms with E-state index in [9.17, 15) is 36.2 Å². The van der Waals surface area contributed by atoms with Crippen molar-refractivity contribution in [3.8, 4) is 11.1 Å². The molecule has 38 heavy (non-hydrogen) atoms. The van der Waals surface area contributed by atoms with Crippen LogP contribution < -0.4 is 4.90 Å². The minimum absolute atomic E-state index is 0.0410. The van der Waals surface area contributed by atoms with Crippen molar-refractivity contribution < 1.29 is 36.2 Å². The zero-order chi connectivity index (χ0) is 27.8. The normalized spacial score (nSPS) is 14.9. The second kappa shape index (κ2) is 10.3. The molecule has 0 fully saturated rings. The van der Waals surface area contributed by atoms with E-state index in [-0.39, 0.29) is 5.92 Å². The summed E-state index contributed by atoms with van der Waals surface area (Å²) in [6.45, 7) is 4.18. The van der Waals surface area contributed by atoms with E-state index in [0.717, 1.165) is 29.8 Å². The van der Waals surface area contributed by atoms with Crippen molar-refractivity contribution >= 4 is 17.3 Å². The lowest BCUT2D eigenvalue weighted by atomic mass is 9.87. The van der Waals surface area contributed by atoms with E-state index in [0.29, 0.717) is 53.9 Å². The summed E-state index contributed by atoms with van der Waals surface area (Å²) in [6.07, 6.45) is -7.45. The number of rotatable bonds is 6. The van der Waals surface area contributed by atoms with Crippen LogP contribution in [0.3, 0.4) is 0 Å². The first-order valence-electron chi connectivity index (χ1n) is 12.3. The van der Waals surface area contributed by atoms with Crippen molar-refractivity contribution in [2.24, 2.45) is 5.92 Å². The van der Waals surface area contributed by atoms with Crippen LogP contribution in [0, 0.1) is 5.92 Å². The molecule has 0 amide bonds. The molecular weight excluding hydrogens is 508 g/mol. The number of benzene rings is 3. The molecule has 0 aliphatic carbocycles. The van der Waals surface area contributed by atoms with Gasteiger partial charge in [-0.3, -0.25) is 4.79 Å². The van der Waals surface area contributed by atoms with E-state index in [2.05, 4.69) is 0 Å². The van der Waals surface area contributed by atoms with Crippen molar-refractivity contribution in [3.63, 3.8) is 0 Å². The Morgan fingerprint density at radius 1 is 0.868 bits per heavy atom. The molecule has 1 aliphatic rings. The number of halogens is 6. The monoisotopic (exact) mass is 535 g/mol. The molecule has 3 aromatic rings. The van der Waals surface area contributed by atoms with Crippen LogP contribution in [0.2, 0.25) is 0 Å². The molecule has 3 nitrogen and oxygen atoms in total. The molecule has 1 unspecified atom stereocenters. The van der Waals surface area contributed by atoms with Crippen LogP contribution in [0.25, 0.3) is 11.1 Å². The van der Waals surface area contributed by atoms with Gasteiger partial charge in [0.2, 0.25) is 0 Å². The van der Waals surface area contributed by atoms with Gasteiger partial charge in [0.25, 0.3) is 0 Å². The number of alkyl halides is 6. The number of fused-ring (bicyclic) bond motifs is 1. The molecule has 1 atom stereocenters. The van der Waals surface area contributed by atoms with Crippen molar-refractivity contribution in [2.45, 2.75) is 51.4 Å². The van der Waals surface area contributed by atoms with Gasteiger partial charge in [0, 0.05) is 17.9 Å². The summed E-state index contributed by atoms with van der Waals surface area (Å²) in [7, 11) is 0. The van der Waals surface area contributed by atoms with Gasteiger partial charge in [0.1, 0.15) is 0 Å². The fraction of sp³-hybridized carbons (Fsp3) is 0.345. The molecule has 0 aromatic heterocycles. The zero-order valence-corrected chi connectivity index (χ0v) is 20.8. The maximum absolute atomic E-state index is 13.5. The number of hydrogen-bond donors (Lipinski definition) is 1. The molecule has 0 saturated carbocycles. The largest absolute Gasteiger partial charge is 0.481 e. The quantitative estimate of drug-likeness (QED) is 0.321. The number of aryl methyl sites for hydroxylation is 1. The molecule has 1 N–H and O–H groups in total. The van der Waals surface area contributed by atoms with Crippen molar-refractivity contribution in [1.82, 2.24) is 0 Å². The van der Waals surface area contributed by atoms with E-state index in [1.165, 1.54) is 18.2 Å². The van der Waals surface area contributed by atoms with Crippen LogP contribution in [0.15, 0.2) is 60.7 Å². The van der Waals surface area contributed by atoms with Gasteiger partial charge in [-0.25, -0.2) is 0 Å². The summed E-state index contributed by atoms with van der Waals surface area (Å²) in [5.41, 5.74) is 1.39. The Bertz CT molecular complexity index is 1310.